The molecule has 0 saturated carbocycles. The van der Waals surface area contributed by atoms with Crippen molar-refractivity contribution in [3.8, 4) is 0 Å². The second kappa shape index (κ2) is 6.93. The zero-order chi connectivity index (χ0) is 13.7. The van der Waals surface area contributed by atoms with E-state index in [4.69, 9.17) is 0 Å². The van der Waals surface area contributed by atoms with Crippen LogP contribution in [0, 0.1) is 5.92 Å². The van der Waals surface area contributed by atoms with Crippen molar-refractivity contribution in [3.63, 3.8) is 0 Å². The van der Waals surface area contributed by atoms with Gasteiger partial charge >= 0.3 is 0 Å². The predicted molar refractivity (Wildman–Crippen MR) is 79.4 cm³/mol. The molecule has 1 fully saturated rings. The van der Waals surface area contributed by atoms with Crippen LogP contribution in [0.5, 0.6) is 0 Å². The van der Waals surface area contributed by atoms with Gasteiger partial charge in [-0.15, -0.1) is 11.8 Å². The molecular formula is C14H21N3OS. The maximum Gasteiger partial charge on any atom is 0.240 e. The minimum atomic E-state index is -0.210. The van der Waals surface area contributed by atoms with Crippen LogP contribution in [0.15, 0.2) is 30.3 Å². The molecule has 4 nitrogen and oxygen atoms in total. The zero-order valence-corrected chi connectivity index (χ0v) is 12.2. The molecule has 1 amide bonds. The average Bonchev–Trinajstić information content (AvgIpc) is 2.40. The number of carbonyl (C=O) groups excluding carboxylic acids is 1. The lowest BCUT2D eigenvalue weighted by molar-refractivity contribution is -0.125. The molecule has 104 valence electrons. The van der Waals surface area contributed by atoms with Crippen molar-refractivity contribution < 1.29 is 4.79 Å². The highest BCUT2D eigenvalue weighted by molar-refractivity contribution is 7.99. The summed E-state index contributed by atoms with van der Waals surface area (Å²) in [6.45, 7) is 4.34. The molecule has 1 aliphatic heterocycles. The van der Waals surface area contributed by atoms with Gasteiger partial charge in [0.05, 0.1) is 0 Å². The molecule has 1 aromatic rings. The van der Waals surface area contributed by atoms with Crippen molar-refractivity contribution in [2.24, 2.45) is 5.92 Å². The lowest BCUT2D eigenvalue weighted by Gasteiger charge is -2.31. The largest absolute Gasteiger partial charge is 0.329 e. The quantitative estimate of drug-likeness (QED) is 0.764. The first-order valence-electron chi connectivity index (χ1n) is 6.62. The monoisotopic (exact) mass is 279 g/mol. The fourth-order valence-corrected chi connectivity index (χ4v) is 2.80. The third kappa shape index (κ3) is 4.53. The van der Waals surface area contributed by atoms with Gasteiger partial charge < -0.3 is 5.32 Å². The Labute approximate surface area is 118 Å². The van der Waals surface area contributed by atoms with Gasteiger partial charge in [-0.2, -0.15) is 0 Å². The third-order valence-corrected chi connectivity index (χ3v) is 4.29. The molecule has 2 rings (SSSR count). The van der Waals surface area contributed by atoms with Crippen LogP contribution in [0.3, 0.4) is 0 Å². The van der Waals surface area contributed by atoms with E-state index in [1.807, 2.05) is 30.3 Å². The van der Waals surface area contributed by atoms with Crippen molar-refractivity contribution in [1.82, 2.24) is 16.2 Å². The molecule has 0 aliphatic carbocycles. The van der Waals surface area contributed by atoms with Crippen LogP contribution in [0.4, 0.5) is 0 Å². The number of nitrogens with one attached hydrogen (secondary N) is 3. The summed E-state index contributed by atoms with van der Waals surface area (Å²) in [6.07, 6.45) is 0.696. The van der Waals surface area contributed by atoms with Crippen LogP contribution in [0.25, 0.3) is 0 Å². The zero-order valence-electron chi connectivity index (χ0n) is 11.3. The molecule has 1 aliphatic rings. The summed E-state index contributed by atoms with van der Waals surface area (Å²) in [5.74, 6) is 1.69. The van der Waals surface area contributed by atoms with E-state index in [-0.39, 0.29) is 17.4 Å². The van der Waals surface area contributed by atoms with Gasteiger partial charge in [-0.1, -0.05) is 44.2 Å². The number of hydrogen-bond donors (Lipinski definition) is 3. The maximum absolute atomic E-state index is 12.0. The molecule has 5 heteroatoms. The Kier molecular flexibility index (Phi) is 5.24. The highest BCUT2D eigenvalue weighted by atomic mass is 32.2. The Morgan fingerprint density at radius 3 is 2.58 bits per heavy atom. The van der Waals surface area contributed by atoms with Crippen molar-refractivity contribution in [2.45, 2.75) is 31.8 Å². The van der Waals surface area contributed by atoms with Crippen LogP contribution < -0.4 is 16.2 Å². The van der Waals surface area contributed by atoms with Crippen LogP contribution in [-0.2, 0) is 11.2 Å². The van der Waals surface area contributed by atoms with Crippen molar-refractivity contribution in [1.29, 1.82) is 0 Å². The van der Waals surface area contributed by atoms with Crippen molar-refractivity contribution in [2.75, 3.05) is 5.75 Å². The number of hydrogen-bond acceptors (Lipinski definition) is 4. The van der Waals surface area contributed by atoms with Gasteiger partial charge in [-0.05, 0) is 23.7 Å². The van der Waals surface area contributed by atoms with Crippen molar-refractivity contribution >= 4 is 17.7 Å². The first-order chi connectivity index (χ1) is 9.15. The lowest BCUT2D eigenvalue weighted by Crippen LogP contribution is -2.64. The molecule has 2 atom stereocenters. The third-order valence-electron chi connectivity index (χ3n) is 2.86. The van der Waals surface area contributed by atoms with E-state index in [1.165, 1.54) is 0 Å². The molecule has 3 N–H and O–H groups in total. The number of hydrazine groups is 1. The van der Waals surface area contributed by atoms with Gasteiger partial charge in [0.25, 0.3) is 0 Å². The summed E-state index contributed by atoms with van der Waals surface area (Å²) < 4.78 is 0. The lowest BCUT2D eigenvalue weighted by atomic mass is 10.1. The van der Waals surface area contributed by atoms with Gasteiger partial charge in [-0.25, -0.2) is 10.9 Å². The summed E-state index contributed by atoms with van der Waals surface area (Å²) in [7, 11) is 0. The Morgan fingerprint density at radius 1 is 1.21 bits per heavy atom. The summed E-state index contributed by atoms with van der Waals surface area (Å²) in [6, 6.07) is 9.83. The molecule has 2 unspecified atom stereocenters. The van der Waals surface area contributed by atoms with Gasteiger partial charge in [0.2, 0.25) is 5.91 Å². The van der Waals surface area contributed by atoms with E-state index >= 15 is 0 Å². The van der Waals surface area contributed by atoms with Crippen molar-refractivity contribution in [3.05, 3.63) is 35.9 Å². The Hall–Kier alpha value is -1.04. The van der Waals surface area contributed by atoms with E-state index in [0.29, 0.717) is 12.3 Å². The standard InChI is InChI=1S/C14H21N3OS/c1-10(2)9-19-14-15-13(18)12(16-17-14)8-11-6-4-3-5-7-11/h3-7,10,12,14,16-17H,8-9H2,1-2H3,(H,15,18). The molecule has 0 aromatic heterocycles. The first-order valence-corrected chi connectivity index (χ1v) is 7.67. The predicted octanol–water partition coefficient (Wildman–Crippen LogP) is 1.49. The second-order valence-electron chi connectivity index (χ2n) is 5.15. The highest BCUT2D eigenvalue weighted by Crippen LogP contribution is 2.13. The molecule has 1 saturated heterocycles. The normalized spacial score (nSPS) is 23.4. The van der Waals surface area contributed by atoms with Crippen LogP contribution in [-0.4, -0.2) is 23.2 Å². The van der Waals surface area contributed by atoms with Gasteiger partial charge in [0.15, 0.2) is 0 Å². The first kappa shape index (κ1) is 14.4. The molecular weight excluding hydrogens is 258 g/mol. The fraction of sp³-hybridized carbons (Fsp3) is 0.500. The van der Waals surface area contributed by atoms with E-state index < -0.39 is 0 Å². The van der Waals surface area contributed by atoms with Gasteiger partial charge in [0.1, 0.15) is 11.5 Å². The Bertz CT molecular complexity index is 410. The number of benzene rings is 1. The van der Waals surface area contributed by atoms with E-state index in [9.17, 15) is 4.79 Å². The van der Waals surface area contributed by atoms with E-state index in [1.54, 1.807) is 11.8 Å². The Balaban J connectivity index is 1.82. The van der Waals surface area contributed by atoms with Gasteiger partial charge in [0, 0.05) is 0 Å². The second-order valence-corrected chi connectivity index (χ2v) is 6.28. The maximum atomic E-state index is 12.0. The van der Waals surface area contributed by atoms with E-state index in [0.717, 1.165) is 11.3 Å². The molecule has 0 radical (unpaired) electrons. The smallest absolute Gasteiger partial charge is 0.240 e. The van der Waals surface area contributed by atoms with Crippen LogP contribution in [0.1, 0.15) is 19.4 Å². The molecule has 1 aromatic carbocycles. The van der Waals surface area contributed by atoms with Crippen LogP contribution >= 0.6 is 11.8 Å². The van der Waals surface area contributed by atoms with Crippen LogP contribution in [0.2, 0.25) is 0 Å². The summed E-state index contributed by atoms with van der Waals surface area (Å²) in [4.78, 5) is 12.0. The van der Waals surface area contributed by atoms with Gasteiger partial charge in [-0.3, -0.25) is 4.79 Å². The average molecular weight is 279 g/mol. The molecule has 19 heavy (non-hydrogen) atoms. The minimum absolute atomic E-state index is 0.0399. The molecule has 1 heterocycles. The number of carbonyl (C=O) groups is 1. The SMILES string of the molecule is CC(C)CSC1NNC(Cc2ccccc2)C(=O)N1. The topological polar surface area (TPSA) is 53.2 Å². The fourth-order valence-electron chi connectivity index (χ4n) is 1.87. The number of rotatable bonds is 5. The molecule has 0 spiro atoms. The summed E-state index contributed by atoms with van der Waals surface area (Å²) >= 11 is 1.71. The summed E-state index contributed by atoms with van der Waals surface area (Å²) in [5, 5.41) is 2.99. The number of thioether (sulfide) groups is 1. The molecule has 0 bridgehead atoms. The number of amides is 1. The summed E-state index contributed by atoms with van der Waals surface area (Å²) in [5.41, 5.74) is 7.38. The minimum Gasteiger partial charge on any atom is -0.329 e. The Morgan fingerprint density at radius 2 is 1.95 bits per heavy atom. The van der Waals surface area contributed by atoms with E-state index in [2.05, 4.69) is 30.0 Å². The highest BCUT2D eigenvalue weighted by Gasteiger charge is 2.27.